The minimum absolute atomic E-state index is 0.0735. The van der Waals surface area contributed by atoms with Crippen molar-refractivity contribution in [3.05, 3.63) is 77.9 Å². The maximum atomic E-state index is 13.6. The maximum absolute atomic E-state index is 13.6. The molecule has 4 aliphatic rings. The smallest absolute Gasteiger partial charge is 0.397 e. The summed E-state index contributed by atoms with van der Waals surface area (Å²) in [5.41, 5.74) is 0.120. The highest BCUT2D eigenvalue weighted by Gasteiger charge is 2.71. The number of hydrogen-bond donors (Lipinski definition) is 4. The first-order chi connectivity index (χ1) is 23.9. The fraction of sp³-hybridized carbons (Fsp3) is 0.541. The molecule has 0 bridgehead atoms. The van der Waals surface area contributed by atoms with Crippen LogP contribution in [0.25, 0.3) is 0 Å². The van der Waals surface area contributed by atoms with Gasteiger partial charge in [0.15, 0.2) is 6.10 Å². The number of aromatic nitrogens is 2. The highest BCUT2D eigenvalue weighted by molar-refractivity contribution is 6.32. The molecular formula is C37H45N3O10. The Morgan fingerprint density at radius 3 is 2.64 bits per heavy atom. The number of carbonyl (C=O) groups is 4. The summed E-state index contributed by atoms with van der Waals surface area (Å²) in [5.74, 6) is -6.08. The second-order valence-electron chi connectivity index (χ2n) is 14.1. The van der Waals surface area contributed by atoms with Crippen LogP contribution < -0.4 is 5.32 Å². The number of aliphatic hydroxyl groups is 2. The number of rotatable bonds is 7. The molecule has 3 aliphatic carbocycles. The molecule has 2 saturated carbocycles. The second-order valence-corrected chi connectivity index (χ2v) is 14.1. The topological polar surface area (TPSA) is 186 Å². The predicted molar refractivity (Wildman–Crippen MR) is 177 cm³/mol. The number of pyridine rings is 1. The van der Waals surface area contributed by atoms with Gasteiger partial charge in [0.2, 0.25) is 0 Å². The highest BCUT2D eigenvalue weighted by Crippen LogP contribution is 2.66. The zero-order valence-electron chi connectivity index (χ0n) is 28.7. The van der Waals surface area contributed by atoms with E-state index in [1.165, 1.54) is 14.0 Å². The van der Waals surface area contributed by atoms with E-state index in [9.17, 15) is 29.4 Å². The Bertz CT molecular complexity index is 1640. The first kappa shape index (κ1) is 35.5. The van der Waals surface area contributed by atoms with Crippen LogP contribution in [-0.2, 0) is 39.9 Å². The normalized spacial score (nSPS) is 37.7. The zero-order valence-corrected chi connectivity index (χ0v) is 28.7. The Morgan fingerprint density at radius 1 is 1.18 bits per heavy atom. The molecule has 50 heavy (non-hydrogen) atoms. The zero-order chi connectivity index (χ0) is 35.9. The predicted octanol–water partition coefficient (Wildman–Crippen LogP) is 2.50. The molecule has 6 rings (SSSR count). The van der Waals surface area contributed by atoms with Crippen molar-refractivity contribution in [2.45, 2.75) is 76.8 Å². The minimum atomic E-state index is -1.50. The van der Waals surface area contributed by atoms with Gasteiger partial charge in [-0.1, -0.05) is 38.1 Å². The number of allylic oxidation sites excluding steroid dienone is 1. The molecular weight excluding hydrogens is 646 g/mol. The number of esters is 3. The molecule has 268 valence electrons. The number of aliphatic hydroxyl groups excluding tert-OH is 1. The van der Waals surface area contributed by atoms with E-state index in [2.05, 4.69) is 15.3 Å². The van der Waals surface area contributed by atoms with Crippen LogP contribution in [0.1, 0.15) is 50.2 Å². The summed E-state index contributed by atoms with van der Waals surface area (Å²) in [6, 6.07) is 6.80. The average Bonchev–Trinajstić information content (AvgIpc) is 3.70. The average molecular weight is 692 g/mol. The van der Waals surface area contributed by atoms with Gasteiger partial charge in [-0.05, 0) is 61.4 Å². The van der Waals surface area contributed by atoms with Gasteiger partial charge in [0.05, 0.1) is 11.7 Å². The number of methoxy groups -OCH3 is 1. The molecule has 1 amide bonds. The van der Waals surface area contributed by atoms with E-state index >= 15 is 0 Å². The van der Waals surface area contributed by atoms with Gasteiger partial charge in [-0.2, -0.15) is 0 Å². The van der Waals surface area contributed by atoms with E-state index in [-0.39, 0.29) is 36.6 Å². The summed E-state index contributed by atoms with van der Waals surface area (Å²) < 4.78 is 23.0. The van der Waals surface area contributed by atoms with E-state index in [1.807, 2.05) is 32.1 Å². The minimum Gasteiger partial charge on any atom is -0.457 e. The lowest BCUT2D eigenvalue weighted by molar-refractivity contribution is -0.189. The van der Waals surface area contributed by atoms with Gasteiger partial charge >= 0.3 is 23.8 Å². The molecule has 3 heterocycles. The number of ether oxygens (including phenoxy) is 4. The largest absolute Gasteiger partial charge is 0.457 e. The molecule has 0 spiro atoms. The van der Waals surface area contributed by atoms with Gasteiger partial charge < -0.3 is 39.5 Å². The third-order valence-electron chi connectivity index (χ3n) is 11.3. The highest BCUT2D eigenvalue weighted by atomic mass is 16.6. The van der Waals surface area contributed by atoms with Crippen molar-refractivity contribution < 1.29 is 48.3 Å². The number of fused-ring (bicyclic) bond motifs is 6. The van der Waals surface area contributed by atoms with Crippen LogP contribution in [-0.4, -0.2) is 87.2 Å². The van der Waals surface area contributed by atoms with Crippen LogP contribution in [0.5, 0.6) is 0 Å². The number of carbonyl (C=O) groups excluding carboxylic acids is 4. The molecule has 2 aromatic rings. The van der Waals surface area contributed by atoms with Crippen LogP contribution in [0.2, 0.25) is 0 Å². The fourth-order valence-electron chi connectivity index (χ4n) is 8.78. The van der Waals surface area contributed by atoms with Crippen molar-refractivity contribution >= 4 is 23.8 Å². The standard InChI is InChI=1S/C37H45N3O10/c1-18-14-19(2)37(46)23(10-11-24-27-28(29(24)37)30(41)20(3)32(27)50-34(43)25-9-7-13-39-25)15-26(47-5)35(44)49-31(18)21(4)48-36(45)33(42)40-17-22-8-6-12-38-16-22/h6-14,16,18,20-21,23-24,26-32,39,41,46H,15,17H2,1-5H3,(H,40,42)/b19-14+/t18-,20-,21-,23?,24?,26+,27+,28?,29?,30-,31+,32-,37+/m1/s1. The number of aromatic amines is 1. The van der Waals surface area contributed by atoms with Crippen molar-refractivity contribution in [3.8, 4) is 0 Å². The number of H-pyrrole nitrogens is 1. The van der Waals surface area contributed by atoms with E-state index in [0.29, 0.717) is 16.8 Å². The number of nitrogens with zero attached hydrogens (tertiary/aromatic N) is 1. The summed E-state index contributed by atoms with van der Waals surface area (Å²) in [6.07, 6.45) is 6.03. The lowest BCUT2D eigenvalue weighted by Gasteiger charge is -2.61. The van der Waals surface area contributed by atoms with E-state index < -0.39 is 77.7 Å². The number of cyclic esters (lactones) is 1. The third kappa shape index (κ3) is 6.26. The SMILES string of the molecule is CO[C@H]1CC2C=CC3C(C4[C@H]3[C@H](OC(=O)c3ccc[nH]3)[C@H](C)[C@H]4O)[C@]2(O)/C(C)=C/[C@@H](C)[C@@H]([C@@H](C)OC(=O)C(=O)NCc2cccnc2)OC1=O. The summed E-state index contributed by atoms with van der Waals surface area (Å²) in [4.78, 5) is 58.7. The van der Waals surface area contributed by atoms with Gasteiger partial charge in [-0.25, -0.2) is 14.4 Å². The summed E-state index contributed by atoms with van der Waals surface area (Å²) in [5, 5.41) is 26.9. The lowest BCUT2D eigenvalue weighted by atomic mass is 9.46. The Kier molecular flexibility index (Phi) is 10.0. The molecule has 0 radical (unpaired) electrons. The van der Waals surface area contributed by atoms with Crippen LogP contribution in [0, 0.1) is 41.4 Å². The molecule has 4 unspecified atom stereocenters. The van der Waals surface area contributed by atoms with Crippen molar-refractivity contribution in [1.82, 2.24) is 15.3 Å². The molecule has 13 nitrogen and oxygen atoms in total. The molecule has 2 aromatic heterocycles. The molecule has 1 aliphatic heterocycles. The monoisotopic (exact) mass is 691 g/mol. The summed E-state index contributed by atoms with van der Waals surface area (Å²) in [6.45, 7) is 7.05. The maximum Gasteiger partial charge on any atom is 0.397 e. The van der Waals surface area contributed by atoms with Crippen molar-refractivity contribution in [3.63, 3.8) is 0 Å². The fourth-order valence-corrected chi connectivity index (χ4v) is 8.78. The van der Waals surface area contributed by atoms with E-state index in [0.717, 1.165) is 0 Å². The van der Waals surface area contributed by atoms with Gasteiger partial charge in [-0.3, -0.25) is 9.78 Å². The van der Waals surface area contributed by atoms with E-state index in [4.69, 9.17) is 18.9 Å². The molecule has 0 aromatic carbocycles. The Morgan fingerprint density at radius 2 is 1.96 bits per heavy atom. The first-order valence-corrected chi connectivity index (χ1v) is 17.1. The number of hydrogen-bond acceptors (Lipinski definition) is 11. The lowest BCUT2D eigenvalue weighted by Crippen LogP contribution is -2.65. The first-order valence-electron chi connectivity index (χ1n) is 17.1. The van der Waals surface area contributed by atoms with Crippen LogP contribution in [0.4, 0.5) is 0 Å². The van der Waals surface area contributed by atoms with Crippen LogP contribution >= 0.6 is 0 Å². The summed E-state index contributed by atoms with van der Waals surface area (Å²) >= 11 is 0. The molecule has 0 saturated heterocycles. The Balaban J connectivity index is 1.24. The van der Waals surface area contributed by atoms with Crippen molar-refractivity contribution in [1.29, 1.82) is 0 Å². The Labute approximate surface area is 290 Å². The van der Waals surface area contributed by atoms with Crippen LogP contribution in [0.15, 0.2) is 66.7 Å². The van der Waals surface area contributed by atoms with Gasteiger partial charge in [0.1, 0.15) is 24.0 Å². The van der Waals surface area contributed by atoms with E-state index in [1.54, 1.807) is 49.8 Å². The van der Waals surface area contributed by atoms with Gasteiger partial charge in [0.25, 0.3) is 0 Å². The van der Waals surface area contributed by atoms with Crippen LogP contribution in [0.3, 0.4) is 0 Å². The van der Waals surface area contributed by atoms with Gasteiger partial charge in [-0.15, -0.1) is 0 Å². The summed E-state index contributed by atoms with van der Waals surface area (Å²) in [7, 11) is 1.38. The van der Waals surface area contributed by atoms with Gasteiger partial charge in [0, 0.05) is 61.8 Å². The Hall–Kier alpha value is -4.33. The number of nitrogens with one attached hydrogen (secondary N) is 2. The molecule has 2 fully saturated rings. The van der Waals surface area contributed by atoms with Crippen molar-refractivity contribution in [2.24, 2.45) is 41.4 Å². The second kappa shape index (κ2) is 14.1. The quantitative estimate of drug-likeness (QED) is 0.145. The third-order valence-corrected chi connectivity index (χ3v) is 11.3. The number of amides is 1. The van der Waals surface area contributed by atoms with Crippen molar-refractivity contribution in [2.75, 3.05) is 7.11 Å². The molecule has 4 N–H and O–H groups in total. The molecule has 13 heteroatoms. The molecule has 13 atom stereocenters.